The van der Waals surface area contributed by atoms with Gasteiger partial charge in [0, 0.05) is 38.1 Å². The highest BCUT2D eigenvalue weighted by Crippen LogP contribution is 2.35. The third kappa shape index (κ3) is 4.99. The quantitative estimate of drug-likeness (QED) is 0.519. The summed E-state index contributed by atoms with van der Waals surface area (Å²) < 4.78 is 30.8. The molecule has 0 N–H and O–H groups in total. The molecule has 1 aliphatic rings. The Morgan fingerprint density at radius 1 is 1.07 bits per heavy atom. The third-order valence-electron chi connectivity index (χ3n) is 5.67. The molecule has 1 saturated carbocycles. The molecule has 1 heterocycles. The van der Waals surface area contributed by atoms with Crippen molar-refractivity contribution in [1.82, 2.24) is 14.1 Å². The predicted octanol–water partition coefficient (Wildman–Crippen LogP) is 4.60. The van der Waals surface area contributed by atoms with E-state index in [9.17, 15) is 8.42 Å². The predicted molar refractivity (Wildman–Crippen MR) is 124 cm³/mol. The summed E-state index contributed by atoms with van der Waals surface area (Å²) in [5, 5.41) is 5.85. The average Bonchev–Trinajstić information content (AvgIpc) is 3.43. The van der Waals surface area contributed by atoms with Crippen molar-refractivity contribution in [2.75, 3.05) is 31.1 Å². The highest BCUT2D eigenvalue weighted by atomic mass is 32.2. The van der Waals surface area contributed by atoms with Crippen molar-refractivity contribution in [2.24, 2.45) is 17.8 Å². The fraction of sp³-hybridized carbons (Fsp3) is 0.696. The Bertz CT molecular complexity index is 947. The van der Waals surface area contributed by atoms with Gasteiger partial charge in [-0.25, -0.2) is 8.42 Å². The first kappa shape index (κ1) is 23.1. The van der Waals surface area contributed by atoms with E-state index in [0.717, 1.165) is 36.4 Å². The van der Waals surface area contributed by atoms with Crippen molar-refractivity contribution >= 4 is 26.7 Å². The molecule has 1 fully saturated rings. The summed E-state index contributed by atoms with van der Waals surface area (Å²) in [6.45, 7) is 16.1. The molecule has 168 valence electrons. The molecule has 2 aromatic rings. The van der Waals surface area contributed by atoms with E-state index in [1.54, 1.807) is 10.4 Å². The van der Waals surface area contributed by atoms with Crippen LogP contribution in [0.25, 0.3) is 10.9 Å². The lowest BCUT2D eigenvalue weighted by molar-refractivity contribution is 0.333. The molecule has 1 aromatic heterocycles. The maximum atomic E-state index is 13.5. The summed E-state index contributed by atoms with van der Waals surface area (Å²) in [4.78, 5) is 2.58. The van der Waals surface area contributed by atoms with Crippen LogP contribution in [-0.2, 0) is 16.6 Å². The first-order chi connectivity index (χ1) is 14.2. The Hall–Kier alpha value is -1.60. The zero-order valence-corrected chi connectivity index (χ0v) is 20.2. The summed E-state index contributed by atoms with van der Waals surface area (Å²) in [6.07, 6.45) is 2.52. The van der Waals surface area contributed by atoms with E-state index in [1.807, 2.05) is 12.1 Å². The minimum Gasteiger partial charge on any atom is -0.355 e. The molecule has 0 radical (unpaired) electrons. The number of anilines is 1. The van der Waals surface area contributed by atoms with E-state index in [4.69, 9.17) is 5.10 Å². The van der Waals surface area contributed by atoms with Crippen molar-refractivity contribution in [2.45, 2.75) is 65.8 Å². The molecular formula is C23H38N4O2S. The van der Waals surface area contributed by atoms with E-state index in [0.29, 0.717) is 23.9 Å². The molecule has 0 spiro atoms. The number of rotatable bonds is 11. The first-order valence-corrected chi connectivity index (χ1v) is 12.9. The van der Waals surface area contributed by atoms with Crippen LogP contribution in [0.3, 0.4) is 0 Å². The summed E-state index contributed by atoms with van der Waals surface area (Å²) in [5.74, 6) is 2.14. The lowest BCUT2D eigenvalue weighted by Crippen LogP contribution is -2.37. The van der Waals surface area contributed by atoms with Gasteiger partial charge < -0.3 is 4.90 Å². The maximum absolute atomic E-state index is 13.5. The summed E-state index contributed by atoms with van der Waals surface area (Å²) in [7, 11) is -3.56. The van der Waals surface area contributed by atoms with Gasteiger partial charge in [0.05, 0.1) is 10.4 Å². The molecule has 1 aliphatic carbocycles. The maximum Gasteiger partial charge on any atom is 0.243 e. The van der Waals surface area contributed by atoms with Gasteiger partial charge in [-0.05, 0) is 62.6 Å². The third-order valence-corrected chi connectivity index (χ3v) is 7.50. The summed E-state index contributed by atoms with van der Waals surface area (Å²) >= 11 is 0. The molecule has 0 atom stereocenters. The van der Waals surface area contributed by atoms with E-state index in [-0.39, 0.29) is 11.8 Å². The molecular weight excluding hydrogens is 396 g/mol. The van der Waals surface area contributed by atoms with Crippen LogP contribution in [-0.4, -0.2) is 48.7 Å². The molecule has 7 heteroatoms. The SMILES string of the molecule is CCN(CC)c1nn(CC2CC2)c2ccc(S(=O)(=O)N(CC(C)C)CC(C)C)cc12. The number of aromatic nitrogens is 2. The van der Waals surface area contributed by atoms with Gasteiger partial charge in [-0.3, -0.25) is 4.68 Å². The number of hydrogen-bond donors (Lipinski definition) is 0. The molecule has 6 nitrogen and oxygen atoms in total. The average molecular weight is 435 g/mol. The van der Waals surface area contributed by atoms with E-state index < -0.39 is 10.0 Å². The largest absolute Gasteiger partial charge is 0.355 e. The number of nitrogens with zero attached hydrogens (tertiary/aromatic N) is 4. The summed E-state index contributed by atoms with van der Waals surface area (Å²) in [6, 6.07) is 5.57. The molecule has 0 amide bonds. The van der Waals surface area contributed by atoms with Gasteiger partial charge in [-0.15, -0.1) is 0 Å². The van der Waals surface area contributed by atoms with Crippen molar-refractivity contribution in [3.8, 4) is 0 Å². The van der Waals surface area contributed by atoms with E-state index in [2.05, 4.69) is 51.1 Å². The Morgan fingerprint density at radius 3 is 2.17 bits per heavy atom. The van der Waals surface area contributed by atoms with Crippen LogP contribution in [0, 0.1) is 17.8 Å². The minimum atomic E-state index is -3.56. The Morgan fingerprint density at radius 2 is 1.67 bits per heavy atom. The number of hydrogen-bond acceptors (Lipinski definition) is 4. The zero-order chi connectivity index (χ0) is 22.1. The monoisotopic (exact) mass is 434 g/mol. The van der Waals surface area contributed by atoms with E-state index >= 15 is 0 Å². The molecule has 0 bridgehead atoms. The Labute approximate surface area is 182 Å². The normalized spacial score (nSPS) is 15.1. The highest BCUT2D eigenvalue weighted by molar-refractivity contribution is 7.89. The van der Waals surface area contributed by atoms with Crippen LogP contribution < -0.4 is 4.90 Å². The minimum absolute atomic E-state index is 0.273. The molecule has 0 aliphatic heterocycles. The van der Waals surface area contributed by atoms with Gasteiger partial charge >= 0.3 is 0 Å². The smallest absolute Gasteiger partial charge is 0.243 e. The molecule has 0 saturated heterocycles. The van der Waals surface area contributed by atoms with Crippen LogP contribution in [0.15, 0.2) is 23.1 Å². The lowest BCUT2D eigenvalue weighted by atomic mass is 10.2. The van der Waals surface area contributed by atoms with Crippen LogP contribution in [0.5, 0.6) is 0 Å². The fourth-order valence-electron chi connectivity index (χ4n) is 3.98. The zero-order valence-electron chi connectivity index (χ0n) is 19.4. The van der Waals surface area contributed by atoms with Gasteiger partial charge in [0.25, 0.3) is 0 Å². The second-order valence-electron chi connectivity index (χ2n) is 9.41. The first-order valence-electron chi connectivity index (χ1n) is 11.4. The van der Waals surface area contributed by atoms with Gasteiger partial charge in [0.15, 0.2) is 5.82 Å². The van der Waals surface area contributed by atoms with Crippen molar-refractivity contribution in [3.05, 3.63) is 18.2 Å². The van der Waals surface area contributed by atoms with Crippen molar-refractivity contribution in [1.29, 1.82) is 0 Å². The summed E-state index contributed by atoms with van der Waals surface area (Å²) in [5.41, 5.74) is 1.03. The van der Waals surface area contributed by atoms with Crippen LogP contribution in [0.2, 0.25) is 0 Å². The second-order valence-corrected chi connectivity index (χ2v) is 11.3. The van der Waals surface area contributed by atoms with Crippen LogP contribution >= 0.6 is 0 Å². The number of benzene rings is 1. The highest BCUT2D eigenvalue weighted by Gasteiger charge is 2.28. The molecule has 0 unspecified atom stereocenters. The van der Waals surface area contributed by atoms with Crippen molar-refractivity contribution < 1.29 is 8.42 Å². The van der Waals surface area contributed by atoms with Gasteiger partial charge in [-0.2, -0.15) is 9.40 Å². The molecule has 30 heavy (non-hydrogen) atoms. The Kier molecular flexibility index (Phi) is 7.13. The number of fused-ring (bicyclic) bond motifs is 1. The van der Waals surface area contributed by atoms with Gasteiger partial charge in [0.1, 0.15) is 0 Å². The van der Waals surface area contributed by atoms with Crippen molar-refractivity contribution in [3.63, 3.8) is 0 Å². The van der Waals surface area contributed by atoms with E-state index in [1.165, 1.54) is 12.8 Å². The lowest BCUT2D eigenvalue weighted by Gasteiger charge is -2.26. The van der Waals surface area contributed by atoms with Crippen LogP contribution in [0.1, 0.15) is 54.4 Å². The standard InChI is InChI=1S/C23H38N4O2S/c1-7-25(8-2)23-21-13-20(11-12-22(21)27(24-23)16-19-9-10-19)30(28,29)26(14-17(3)4)15-18(5)6/h11-13,17-19H,7-10,14-16H2,1-6H3. The second kappa shape index (κ2) is 9.27. The molecule has 3 rings (SSSR count). The van der Waals surface area contributed by atoms with Crippen LogP contribution in [0.4, 0.5) is 5.82 Å². The number of sulfonamides is 1. The van der Waals surface area contributed by atoms with Gasteiger partial charge in [0.2, 0.25) is 10.0 Å². The Balaban J connectivity index is 2.08. The molecule has 1 aromatic carbocycles. The van der Waals surface area contributed by atoms with Gasteiger partial charge in [-0.1, -0.05) is 27.7 Å². The fourth-order valence-corrected chi connectivity index (χ4v) is 5.77. The topological polar surface area (TPSA) is 58.4 Å².